The summed E-state index contributed by atoms with van der Waals surface area (Å²) < 4.78 is 10.1. The topological polar surface area (TPSA) is 64.6 Å². The molecule has 2 rings (SSSR count). The van der Waals surface area contributed by atoms with E-state index in [1.165, 1.54) is 0 Å². The number of carbonyl (C=O) groups is 2. The Kier molecular flexibility index (Phi) is 6.69. The molecule has 1 amide bonds. The van der Waals surface area contributed by atoms with Crippen LogP contribution in [0.4, 0.5) is 0 Å². The highest BCUT2D eigenvalue weighted by Crippen LogP contribution is 2.15. The van der Waals surface area contributed by atoms with E-state index in [0.717, 1.165) is 16.2 Å². The van der Waals surface area contributed by atoms with Crippen molar-refractivity contribution in [3.8, 4) is 5.75 Å². The van der Waals surface area contributed by atoms with Gasteiger partial charge in [-0.2, -0.15) is 0 Å². The average Bonchev–Trinajstić information content (AvgIpc) is 2.64. The van der Waals surface area contributed by atoms with E-state index in [4.69, 9.17) is 9.47 Å². The SMILES string of the molecule is COc1ccc(CNC(=O)COC(=O)c2ccc(SC)cc2)cc1. The summed E-state index contributed by atoms with van der Waals surface area (Å²) in [5, 5.41) is 2.70. The molecule has 0 bridgehead atoms. The van der Waals surface area contributed by atoms with Gasteiger partial charge in [-0.1, -0.05) is 12.1 Å². The van der Waals surface area contributed by atoms with Crippen LogP contribution in [-0.4, -0.2) is 31.8 Å². The Labute approximate surface area is 145 Å². The molecule has 0 atom stereocenters. The molecule has 0 unspecified atom stereocenters. The van der Waals surface area contributed by atoms with Gasteiger partial charge < -0.3 is 14.8 Å². The molecule has 1 N–H and O–H groups in total. The molecule has 24 heavy (non-hydrogen) atoms. The normalized spacial score (nSPS) is 10.1. The highest BCUT2D eigenvalue weighted by atomic mass is 32.2. The fraction of sp³-hybridized carbons (Fsp3) is 0.222. The van der Waals surface area contributed by atoms with Crippen LogP contribution in [0.5, 0.6) is 5.75 Å². The van der Waals surface area contributed by atoms with Gasteiger partial charge >= 0.3 is 5.97 Å². The predicted molar refractivity (Wildman–Crippen MR) is 93.3 cm³/mol. The molecule has 2 aromatic rings. The van der Waals surface area contributed by atoms with Crippen molar-refractivity contribution >= 4 is 23.6 Å². The van der Waals surface area contributed by atoms with Gasteiger partial charge in [0.25, 0.3) is 5.91 Å². The molecular weight excluding hydrogens is 326 g/mol. The number of rotatable bonds is 7. The molecule has 0 saturated heterocycles. The quantitative estimate of drug-likeness (QED) is 0.617. The second-order valence-corrected chi connectivity index (χ2v) is 5.81. The molecule has 0 aliphatic carbocycles. The smallest absolute Gasteiger partial charge is 0.338 e. The Hall–Kier alpha value is -2.47. The van der Waals surface area contributed by atoms with Gasteiger partial charge in [-0.05, 0) is 48.2 Å². The van der Waals surface area contributed by atoms with Gasteiger partial charge in [0.1, 0.15) is 5.75 Å². The summed E-state index contributed by atoms with van der Waals surface area (Å²) in [7, 11) is 1.60. The van der Waals surface area contributed by atoms with E-state index in [9.17, 15) is 9.59 Å². The predicted octanol–water partition coefficient (Wildman–Crippen LogP) is 2.89. The average molecular weight is 345 g/mol. The maximum Gasteiger partial charge on any atom is 0.338 e. The van der Waals surface area contributed by atoms with Crippen LogP contribution in [0, 0.1) is 0 Å². The Morgan fingerprint density at radius 2 is 1.71 bits per heavy atom. The summed E-state index contributed by atoms with van der Waals surface area (Å²) in [6.07, 6.45) is 1.96. The number of carbonyl (C=O) groups excluding carboxylic acids is 2. The summed E-state index contributed by atoms with van der Waals surface area (Å²) >= 11 is 1.59. The van der Waals surface area contributed by atoms with Crippen molar-refractivity contribution in [3.05, 3.63) is 59.7 Å². The lowest BCUT2D eigenvalue weighted by Gasteiger charge is -2.07. The lowest BCUT2D eigenvalue weighted by molar-refractivity contribution is -0.124. The summed E-state index contributed by atoms with van der Waals surface area (Å²) in [4.78, 5) is 24.7. The maximum absolute atomic E-state index is 11.9. The molecule has 0 aliphatic rings. The van der Waals surface area contributed by atoms with E-state index >= 15 is 0 Å². The molecule has 0 saturated carbocycles. The van der Waals surface area contributed by atoms with Crippen LogP contribution >= 0.6 is 11.8 Å². The van der Waals surface area contributed by atoms with Gasteiger partial charge in [-0.25, -0.2) is 4.79 Å². The Morgan fingerprint density at radius 3 is 2.29 bits per heavy atom. The van der Waals surface area contributed by atoms with Crippen molar-refractivity contribution in [1.29, 1.82) is 0 Å². The highest BCUT2D eigenvalue weighted by Gasteiger charge is 2.10. The van der Waals surface area contributed by atoms with Crippen LogP contribution in [0.1, 0.15) is 15.9 Å². The van der Waals surface area contributed by atoms with E-state index in [0.29, 0.717) is 12.1 Å². The molecule has 0 heterocycles. The first-order valence-electron chi connectivity index (χ1n) is 7.33. The third-order valence-corrected chi connectivity index (χ3v) is 4.05. The van der Waals surface area contributed by atoms with Gasteiger partial charge in [0.15, 0.2) is 6.61 Å². The van der Waals surface area contributed by atoms with E-state index in [-0.39, 0.29) is 12.5 Å². The zero-order chi connectivity index (χ0) is 17.4. The number of hydrogen-bond donors (Lipinski definition) is 1. The number of amides is 1. The molecule has 0 aliphatic heterocycles. The van der Waals surface area contributed by atoms with Crippen LogP contribution < -0.4 is 10.1 Å². The Balaban J connectivity index is 1.76. The van der Waals surface area contributed by atoms with Crippen LogP contribution in [0.2, 0.25) is 0 Å². The number of nitrogens with one attached hydrogen (secondary N) is 1. The van der Waals surface area contributed by atoms with Crippen molar-refractivity contribution in [2.45, 2.75) is 11.4 Å². The minimum atomic E-state index is -0.512. The van der Waals surface area contributed by atoms with Crippen molar-refractivity contribution in [2.24, 2.45) is 0 Å². The molecule has 0 fully saturated rings. The summed E-state index contributed by atoms with van der Waals surface area (Å²) in [5.74, 6) is -0.103. The first kappa shape index (κ1) is 17.9. The third-order valence-electron chi connectivity index (χ3n) is 3.31. The highest BCUT2D eigenvalue weighted by molar-refractivity contribution is 7.98. The van der Waals surface area contributed by atoms with Gasteiger partial charge in [-0.15, -0.1) is 11.8 Å². The van der Waals surface area contributed by atoms with E-state index in [1.54, 1.807) is 31.0 Å². The first-order chi connectivity index (χ1) is 11.6. The van der Waals surface area contributed by atoms with Crippen LogP contribution in [0.3, 0.4) is 0 Å². The second-order valence-electron chi connectivity index (χ2n) is 4.93. The van der Waals surface area contributed by atoms with Gasteiger partial charge in [0.2, 0.25) is 0 Å². The number of hydrogen-bond acceptors (Lipinski definition) is 5. The fourth-order valence-electron chi connectivity index (χ4n) is 1.94. The molecule has 2 aromatic carbocycles. The Morgan fingerprint density at radius 1 is 1.04 bits per heavy atom. The lowest BCUT2D eigenvalue weighted by Crippen LogP contribution is -2.28. The van der Waals surface area contributed by atoms with Gasteiger partial charge in [0.05, 0.1) is 12.7 Å². The van der Waals surface area contributed by atoms with Crippen LogP contribution in [0.15, 0.2) is 53.4 Å². The largest absolute Gasteiger partial charge is 0.497 e. The minimum Gasteiger partial charge on any atom is -0.497 e. The van der Waals surface area contributed by atoms with E-state index in [2.05, 4.69) is 5.32 Å². The number of esters is 1. The zero-order valence-electron chi connectivity index (χ0n) is 13.6. The van der Waals surface area contributed by atoms with Crippen molar-refractivity contribution < 1.29 is 19.1 Å². The molecule has 0 aromatic heterocycles. The van der Waals surface area contributed by atoms with Crippen molar-refractivity contribution in [1.82, 2.24) is 5.32 Å². The van der Waals surface area contributed by atoms with Crippen LogP contribution in [-0.2, 0) is 16.1 Å². The molecule has 5 nitrogen and oxygen atoms in total. The van der Waals surface area contributed by atoms with Crippen molar-refractivity contribution in [2.75, 3.05) is 20.0 Å². The number of ether oxygens (including phenoxy) is 2. The molecule has 6 heteroatoms. The molecule has 0 radical (unpaired) electrons. The van der Waals surface area contributed by atoms with E-state index < -0.39 is 5.97 Å². The summed E-state index contributed by atoms with van der Waals surface area (Å²) in [6, 6.07) is 14.4. The number of benzene rings is 2. The minimum absolute atomic E-state index is 0.306. The summed E-state index contributed by atoms with van der Waals surface area (Å²) in [5.41, 5.74) is 1.36. The summed E-state index contributed by atoms with van der Waals surface area (Å²) in [6.45, 7) is 0.0576. The molecule has 0 spiro atoms. The van der Waals surface area contributed by atoms with Crippen LogP contribution in [0.25, 0.3) is 0 Å². The Bertz CT molecular complexity index is 683. The van der Waals surface area contributed by atoms with Crippen molar-refractivity contribution in [3.63, 3.8) is 0 Å². The lowest BCUT2D eigenvalue weighted by atomic mass is 10.2. The standard InChI is InChI=1S/C18H19NO4S/c1-22-15-7-3-13(4-8-15)11-19-17(20)12-23-18(21)14-5-9-16(24-2)10-6-14/h3-10H,11-12H2,1-2H3,(H,19,20). The maximum atomic E-state index is 11.9. The van der Waals surface area contributed by atoms with Gasteiger partial charge in [-0.3, -0.25) is 4.79 Å². The fourth-order valence-corrected chi connectivity index (χ4v) is 2.34. The number of thioether (sulfide) groups is 1. The molecule has 126 valence electrons. The number of methoxy groups -OCH3 is 1. The third kappa shape index (κ3) is 5.31. The monoisotopic (exact) mass is 345 g/mol. The molecular formula is C18H19NO4S. The van der Waals surface area contributed by atoms with E-state index in [1.807, 2.05) is 42.7 Å². The zero-order valence-corrected chi connectivity index (χ0v) is 14.4. The first-order valence-corrected chi connectivity index (χ1v) is 8.55. The second kappa shape index (κ2) is 8.98. The van der Waals surface area contributed by atoms with Gasteiger partial charge in [0, 0.05) is 11.4 Å².